The minimum absolute atomic E-state index is 0.0126. The van der Waals surface area contributed by atoms with Crippen molar-refractivity contribution in [1.82, 2.24) is 34.2 Å². The molecular formula is C25H34N8O3. The van der Waals surface area contributed by atoms with Crippen molar-refractivity contribution in [3.8, 4) is 11.3 Å². The lowest BCUT2D eigenvalue weighted by molar-refractivity contribution is -0.136. The zero-order valence-electron chi connectivity index (χ0n) is 21.4. The second kappa shape index (κ2) is 9.44. The van der Waals surface area contributed by atoms with Crippen LogP contribution in [0.1, 0.15) is 33.6 Å². The number of ether oxygens (including phenoxy) is 1. The molecule has 192 valence electrons. The van der Waals surface area contributed by atoms with Gasteiger partial charge in [-0.05, 0) is 45.6 Å². The van der Waals surface area contributed by atoms with Crippen molar-refractivity contribution in [3.63, 3.8) is 0 Å². The monoisotopic (exact) mass is 494 g/mol. The highest BCUT2D eigenvalue weighted by molar-refractivity contribution is 5.83. The molecule has 2 aliphatic rings. The normalized spacial score (nSPS) is 17.8. The molecule has 2 aliphatic heterocycles. The van der Waals surface area contributed by atoms with E-state index in [-0.39, 0.29) is 12.5 Å². The molecule has 0 bridgehead atoms. The number of rotatable bonds is 4. The smallest absolute Gasteiger partial charge is 0.410 e. The number of hydrogen-bond acceptors (Lipinski definition) is 7. The second-order valence-electron chi connectivity index (χ2n) is 10.7. The fourth-order valence-electron chi connectivity index (χ4n) is 4.86. The first-order valence-electron chi connectivity index (χ1n) is 12.5. The standard InChI is InChI=1S/C25H34N8O3/c1-25(2,3)36-24(35)32-12-11-31(22(34)17-32)14-18-6-9-30(10-7-18)23-21-5-8-26-33(21)16-20(28-23)19-13-27-29(4)15-19/h5,8,13,15-16,18H,6-7,9-12,14,17H2,1-4H3. The molecule has 0 aromatic carbocycles. The third-order valence-electron chi connectivity index (χ3n) is 6.73. The number of piperazine rings is 1. The number of aryl methyl sites for hydroxylation is 1. The van der Waals surface area contributed by atoms with Crippen molar-refractivity contribution in [2.45, 2.75) is 39.2 Å². The Morgan fingerprint density at radius 3 is 2.56 bits per heavy atom. The molecule has 2 fully saturated rings. The molecule has 2 saturated heterocycles. The average Bonchev–Trinajstić information content (AvgIpc) is 3.48. The third-order valence-corrected chi connectivity index (χ3v) is 6.73. The van der Waals surface area contributed by atoms with Gasteiger partial charge in [-0.3, -0.25) is 14.4 Å². The molecule has 5 rings (SSSR count). The number of piperidine rings is 1. The maximum atomic E-state index is 12.8. The lowest BCUT2D eigenvalue weighted by Crippen LogP contribution is -2.54. The predicted molar refractivity (Wildman–Crippen MR) is 135 cm³/mol. The van der Waals surface area contributed by atoms with Gasteiger partial charge in [-0.2, -0.15) is 10.2 Å². The van der Waals surface area contributed by atoms with Gasteiger partial charge in [0.25, 0.3) is 0 Å². The fraction of sp³-hybridized carbons (Fsp3) is 0.560. The van der Waals surface area contributed by atoms with Crippen molar-refractivity contribution in [3.05, 3.63) is 30.9 Å². The van der Waals surface area contributed by atoms with E-state index in [1.165, 1.54) is 4.90 Å². The number of aromatic nitrogens is 5. The highest BCUT2D eigenvalue weighted by atomic mass is 16.6. The van der Waals surface area contributed by atoms with E-state index in [1.807, 2.05) is 61.9 Å². The molecule has 5 heterocycles. The molecule has 0 N–H and O–H groups in total. The molecule has 0 unspecified atom stereocenters. The number of anilines is 1. The Morgan fingerprint density at radius 1 is 1.11 bits per heavy atom. The van der Waals surface area contributed by atoms with Crippen LogP contribution in [0.3, 0.4) is 0 Å². The van der Waals surface area contributed by atoms with Crippen LogP contribution < -0.4 is 4.90 Å². The maximum absolute atomic E-state index is 12.8. The Balaban J connectivity index is 1.20. The van der Waals surface area contributed by atoms with Gasteiger partial charge in [-0.1, -0.05) is 0 Å². The van der Waals surface area contributed by atoms with Gasteiger partial charge in [-0.25, -0.2) is 14.3 Å². The van der Waals surface area contributed by atoms with Gasteiger partial charge in [0.2, 0.25) is 5.91 Å². The number of carbonyl (C=O) groups is 2. The van der Waals surface area contributed by atoms with Gasteiger partial charge < -0.3 is 14.5 Å². The zero-order chi connectivity index (χ0) is 25.4. The average molecular weight is 495 g/mol. The summed E-state index contributed by atoms with van der Waals surface area (Å²) in [6, 6.07) is 1.99. The Bertz CT molecular complexity index is 1250. The minimum atomic E-state index is -0.569. The number of nitrogens with zero attached hydrogens (tertiary/aromatic N) is 8. The van der Waals surface area contributed by atoms with Gasteiger partial charge in [0.1, 0.15) is 17.7 Å². The molecule has 36 heavy (non-hydrogen) atoms. The Labute approximate surface area is 210 Å². The third kappa shape index (κ3) is 5.14. The van der Waals surface area contributed by atoms with Gasteiger partial charge in [-0.15, -0.1) is 0 Å². The number of carbonyl (C=O) groups excluding carboxylic acids is 2. The first-order valence-corrected chi connectivity index (χ1v) is 12.5. The van der Waals surface area contributed by atoms with E-state index in [9.17, 15) is 9.59 Å². The quantitative estimate of drug-likeness (QED) is 0.549. The second-order valence-corrected chi connectivity index (χ2v) is 10.7. The van der Waals surface area contributed by atoms with E-state index in [0.29, 0.717) is 19.0 Å². The van der Waals surface area contributed by atoms with Gasteiger partial charge in [0, 0.05) is 51.5 Å². The largest absolute Gasteiger partial charge is 0.444 e. The molecule has 0 atom stereocenters. The Hall–Kier alpha value is -3.63. The van der Waals surface area contributed by atoms with E-state index in [2.05, 4.69) is 15.1 Å². The molecule has 3 aromatic heterocycles. The van der Waals surface area contributed by atoms with Crippen LogP contribution in [0.25, 0.3) is 16.8 Å². The predicted octanol–water partition coefficient (Wildman–Crippen LogP) is 2.43. The van der Waals surface area contributed by atoms with Crippen molar-refractivity contribution < 1.29 is 14.3 Å². The summed E-state index contributed by atoms with van der Waals surface area (Å²) in [6.45, 7) is 9.07. The lowest BCUT2D eigenvalue weighted by Gasteiger charge is -2.39. The van der Waals surface area contributed by atoms with E-state index in [4.69, 9.17) is 9.72 Å². The van der Waals surface area contributed by atoms with Crippen molar-refractivity contribution in [2.75, 3.05) is 44.2 Å². The molecular weight excluding hydrogens is 460 g/mol. The van der Waals surface area contributed by atoms with Gasteiger partial charge in [0.05, 0.1) is 24.3 Å². The zero-order valence-corrected chi connectivity index (χ0v) is 21.4. The van der Waals surface area contributed by atoms with E-state index < -0.39 is 11.7 Å². The van der Waals surface area contributed by atoms with Crippen LogP contribution in [-0.2, 0) is 16.6 Å². The molecule has 2 amide bonds. The summed E-state index contributed by atoms with van der Waals surface area (Å²) < 4.78 is 9.06. The van der Waals surface area contributed by atoms with Crippen LogP contribution in [0.4, 0.5) is 10.6 Å². The Kier molecular flexibility index (Phi) is 6.31. The van der Waals surface area contributed by atoms with Crippen LogP contribution in [-0.4, -0.2) is 91.0 Å². The van der Waals surface area contributed by atoms with Crippen LogP contribution in [0.5, 0.6) is 0 Å². The van der Waals surface area contributed by atoms with Crippen LogP contribution >= 0.6 is 0 Å². The highest BCUT2D eigenvalue weighted by Gasteiger charge is 2.32. The van der Waals surface area contributed by atoms with E-state index in [0.717, 1.165) is 55.1 Å². The van der Waals surface area contributed by atoms with Crippen LogP contribution in [0.2, 0.25) is 0 Å². The van der Waals surface area contributed by atoms with Crippen LogP contribution in [0.15, 0.2) is 30.9 Å². The van der Waals surface area contributed by atoms with Gasteiger partial charge in [0.15, 0.2) is 5.82 Å². The first kappa shape index (κ1) is 24.1. The van der Waals surface area contributed by atoms with E-state index >= 15 is 0 Å². The summed E-state index contributed by atoms with van der Waals surface area (Å²) >= 11 is 0. The lowest BCUT2D eigenvalue weighted by atomic mass is 9.95. The van der Waals surface area contributed by atoms with Crippen molar-refractivity contribution in [2.24, 2.45) is 13.0 Å². The van der Waals surface area contributed by atoms with Gasteiger partial charge >= 0.3 is 6.09 Å². The molecule has 3 aromatic rings. The number of fused-ring (bicyclic) bond motifs is 1. The topological polar surface area (TPSA) is 101 Å². The summed E-state index contributed by atoms with van der Waals surface area (Å²) in [6.07, 6.45) is 9.02. The summed E-state index contributed by atoms with van der Waals surface area (Å²) in [5.74, 6) is 1.33. The summed E-state index contributed by atoms with van der Waals surface area (Å²) in [4.78, 5) is 35.8. The van der Waals surface area contributed by atoms with Crippen LogP contribution in [0, 0.1) is 5.92 Å². The Morgan fingerprint density at radius 2 is 1.89 bits per heavy atom. The highest BCUT2D eigenvalue weighted by Crippen LogP contribution is 2.29. The molecule has 11 nitrogen and oxygen atoms in total. The molecule has 0 aliphatic carbocycles. The molecule has 0 spiro atoms. The number of hydrogen-bond donors (Lipinski definition) is 0. The number of amides is 2. The molecule has 11 heteroatoms. The SMILES string of the molecule is Cn1cc(-c2cn3nccc3c(N3CCC(CN4CCN(C(=O)OC(C)(C)C)CC4=O)CC3)n2)cn1. The fourth-order valence-corrected chi connectivity index (χ4v) is 4.86. The van der Waals surface area contributed by atoms with Crippen molar-refractivity contribution in [1.29, 1.82) is 0 Å². The molecule has 0 saturated carbocycles. The summed E-state index contributed by atoms with van der Waals surface area (Å²) in [7, 11) is 1.89. The summed E-state index contributed by atoms with van der Waals surface area (Å²) in [5.41, 5.74) is 2.20. The maximum Gasteiger partial charge on any atom is 0.410 e. The summed E-state index contributed by atoms with van der Waals surface area (Å²) in [5, 5.41) is 8.72. The van der Waals surface area contributed by atoms with Crippen molar-refractivity contribution >= 4 is 23.3 Å². The van der Waals surface area contributed by atoms with E-state index in [1.54, 1.807) is 10.9 Å². The first-order chi connectivity index (χ1) is 17.2. The minimum Gasteiger partial charge on any atom is -0.444 e. The molecule has 0 radical (unpaired) electrons.